The minimum Gasteiger partial charge on any atom is -0.312 e. The summed E-state index contributed by atoms with van der Waals surface area (Å²) in [7, 11) is 2.15. The van der Waals surface area contributed by atoms with Crippen molar-refractivity contribution >= 4 is 0 Å². The van der Waals surface area contributed by atoms with Crippen molar-refractivity contribution < 1.29 is 0 Å². The fraction of sp³-hybridized carbons (Fsp3) is 0.933. The molecule has 18 heavy (non-hydrogen) atoms. The summed E-state index contributed by atoms with van der Waals surface area (Å²) in [6.07, 6.45) is 8.08. The molecule has 4 unspecified atom stereocenters. The number of hydrogen-bond donors (Lipinski definition) is 1. The molecule has 3 saturated carbocycles. The average molecular weight is 247 g/mol. The van der Waals surface area contributed by atoms with E-state index >= 15 is 0 Å². The van der Waals surface area contributed by atoms with Gasteiger partial charge in [-0.25, -0.2) is 0 Å². The van der Waals surface area contributed by atoms with E-state index in [4.69, 9.17) is 5.73 Å². The quantitative estimate of drug-likeness (QED) is 0.808. The Labute approximate surface area is 110 Å². The average Bonchev–Trinajstić information content (AvgIpc) is 3.02. The number of nitrogens with two attached hydrogens (primary N) is 1. The van der Waals surface area contributed by atoms with Gasteiger partial charge >= 0.3 is 0 Å². The van der Waals surface area contributed by atoms with E-state index in [1.807, 2.05) is 0 Å². The van der Waals surface area contributed by atoms with E-state index in [-0.39, 0.29) is 0 Å². The van der Waals surface area contributed by atoms with E-state index in [1.54, 1.807) is 0 Å². The predicted molar refractivity (Wildman–Crippen MR) is 71.7 cm³/mol. The van der Waals surface area contributed by atoms with Gasteiger partial charge in [-0.15, -0.1) is 0 Å². The maximum Gasteiger partial charge on any atom is 0.119 e. The molecule has 0 aromatic heterocycles. The number of nitrogens with zero attached hydrogens (tertiary/aromatic N) is 2. The number of rotatable bonds is 5. The van der Waals surface area contributed by atoms with Crippen molar-refractivity contribution in [1.29, 1.82) is 5.26 Å². The lowest BCUT2D eigenvalue weighted by Gasteiger charge is -2.32. The first-order valence-electron chi connectivity index (χ1n) is 7.49. The number of hydrogen-bond acceptors (Lipinski definition) is 3. The first-order valence-corrected chi connectivity index (χ1v) is 7.49. The fourth-order valence-corrected chi connectivity index (χ4v) is 4.37. The Morgan fingerprint density at radius 3 is 2.56 bits per heavy atom. The second kappa shape index (κ2) is 4.51. The fourth-order valence-electron chi connectivity index (χ4n) is 4.37. The van der Waals surface area contributed by atoms with Gasteiger partial charge in [-0.3, -0.25) is 0 Å². The molecule has 3 fully saturated rings. The van der Waals surface area contributed by atoms with Gasteiger partial charge in [0.05, 0.1) is 6.07 Å². The SMILES string of the molecule is CN(CC1CC2CCC1C2)CC(N)(C#N)C1CC1. The summed E-state index contributed by atoms with van der Waals surface area (Å²) >= 11 is 0. The van der Waals surface area contributed by atoms with Crippen LogP contribution in [0.15, 0.2) is 0 Å². The lowest BCUT2D eigenvalue weighted by molar-refractivity contribution is 0.192. The highest BCUT2D eigenvalue weighted by atomic mass is 15.1. The zero-order valence-electron chi connectivity index (χ0n) is 11.4. The van der Waals surface area contributed by atoms with Crippen molar-refractivity contribution in [2.45, 2.75) is 44.1 Å². The molecule has 0 aliphatic heterocycles. The van der Waals surface area contributed by atoms with Gasteiger partial charge in [0.2, 0.25) is 0 Å². The first-order chi connectivity index (χ1) is 8.60. The molecule has 0 radical (unpaired) electrons. The molecule has 0 heterocycles. The maximum absolute atomic E-state index is 9.31. The van der Waals surface area contributed by atoms with Crippen LogP contribution in [0.2, 0.25) is 0 Å². The van der Waals surface area contributed by atoms with Gasteiger partial charge in [-0.1, -0.05) is 6.42 Å². The van der Waals surface area contributed by atoms with Crippen molar-refractivity contribution in [3.63, 3.8) is 0 Å². The van der Waals surface area contributed by atoms with Crippen LogP contribution in [-0.2, 0) is 0 Å². The molecule has 3 rings (SSSR count). The van der Waals surface area contributed by atoms with Gasteiger partial charge in [0.25, 0.3) is 0 Å². The van der Waals surface area contributed by atoms with Crippen LogP contribution in [0.1, 0.15) is 38.5 Å². The molecule has 100 valence electrons. The summed E-state index contributed by atoms with van der Waals surface area (Å²) in [5, 5.41) is 9.31. The van der Waals surface area contributed by atoms with E-state index in [9.17, 15) is 5.26 Å². The standard InChI is InChI=1S/C15H25N3/c1-18(10-15(17,9-16)14-4-5-14)8-13-7-11-2-3-12(13)6-11/h11-14H,2-8,10,17H2,1H3. The second-order valence-corrected chi connectivity index (χ2v) is 7.06. The molecular weight excluding hydrogens is 222 g/mol. The van der Waals surface area contributed by atoms with E-state index in [1.165, 1.54) is 25.7 Å². The molecule has 3 heteroatoms. The summed E-state index contributed by atoms with van der Waals surface area (Å²) in [6.45, 7) is 1.90. The highest BCUT2D eigenvalue weighted by molar-refractivity contribution is 5.14. The summed E-state index contributed by atoms with van der Waals surface area (Å²) in [5.41, 5.74) is 5.66. The van der Waals surface area contributed by atoms with Crippen LogP contribution >= 0.6 is 0 Å². The van der Waals surface area contributed by atoms with Crippen LogP contribution in [0, 0.1) is 35.0 Å². The Bertz CT molecular complexity index is 357. The summed E-state index contributed by atoms with van der Waals surface area (Å²) in [6, 6.07) is 2.37. The Morgan fingerprint density at radius 2 is 2.06 bits per heavy atom. The second-order valence-electron chi connectivity index (χ2n) is 7.06. The van der Waals surface area contributed by atoms with E-state index < -0.39 is 5.54 Å². The lowest BCUT2D eigenvalue weighted by Crippen LogP contribution is -2.51. The molecule has 0 aromatic carbocycles. The molecule has 0 amide bonds. The van der Waals surface area contributed by atoms with E-state index in [2.05, 4.69) is 18.0 Å². The zero-order valence-corrected chi connectivity index (χ0v) is 11.4. The van der Waals surface area contributed by atoms with Crippen LogP contribution in [0.4, 0.5) is 0 Å². The molecule has 0 spiro atoms. The van der Waals surface area contributed by atoms with Gasteiger partial charge in [0.1, 0.15) is 5.54 Å². The molecule has 3 nitrogen and oxygen atoms in total. The zero-order chi connectivity index (χ0) is 12.8. The molecule has 2 bridgehead atoms. The van der Waals surface area contributed by atoms with E-state index in [0.717, 1.165) is 43.7 Å². The third-order valence-corrected chi connectivity index (χ3v) is 5.48. The highest BCUT2D eigenvalue weighted by Gasteiger charge is 2.44. The summed E-state index contributed by atoms with van der Waals surface area (Å²) in [4.78, 5) is 2.33. The molecule has 0 saturated heterocycles. The number of likely N-dealkylation sites (N-methyl/N-ethyl adjacent to an activating group) is 1. The molecule has 0 aromatic rings. The van der Waals surface area contributed by atoms with Crippen LogP contribution in [-0.4, -0.2) is 30.6 Å². The lowest BCUT2D eigenvalue weighted by atomic mass is 9.88. The highest BCUT2D eigenvalue weighted by Crippen LogP contribution is 2.48. The molecular formula is C15H25N3. The Morgan fingerprint density at radius 1 is 1.28 bits per heavy atom. The van der Waals surface area contributed by atoms with E-state index in [0.29, 0.717) is 5.92 Å². The van der Waals surface area contributed by atoms with Crippen molar-refractivity contribution in [2.75, 3.05) is 20.1 Å². The monoisotopic (exact) mass is 247 g/mol. The summed E-state index contributed by atoms with van der Waals surface area (Å²) < 4.78 is 0. The number of fused-ring (bicyclic) bond motifs is 2. The van der Waals surface area contributed by atoms with Gasteiger partial charge in [-0.05, 0) is 62.8 Å². The van der Waals surface area contributed by atoms with Gasteiger partial charge in [0.15, 0.2) is 0 Å². The molecule has 4 atom stereocenters. The third kappa shape index (κ3) is 2.29. The van der Waals surface area contributed by atoms with Gasteiger partial charge in [0, 0.05) is 13.1 Å². The normalized spacial score (nSPS) is 37.8. The minimum absolute atomic E-state index is 0.449. The van der Waals surface area contributed by atoms with Crippen LogP contribution in [0.25, 0.3) is 0 Å². The number of nitriles is 1. The Balaban J connectivity index is 1.52. The van der Waals surface area contributed by atoms with Crippen LogP contribution in [0.3, 0.4) is 0 Å². The Kier molecular flexibility index (Phi) is 3.11. The third-order valence-electron chi connectivity index (χ3n) is 5.48. The minimum atomic E-state index is -0.591. The molecule has 3 aliphatic carbocycles. The first kappa shape index (κ1) is 12.4. The van der Waals surface area contributed by atoms with Crippen molar-refractivity contribution in [3.8, 4) is 6.07 Å². The molecule has 2 N–H and O–H groups in total. The van der Waals surface area contributed by atoms with Crippen LogP contribution < -0.4 is 5.73 Å². The van der Waals surface area contributed by atoms with Crippen molar-refractivity contribution in [1.82, 2.24) is 4.90 Å². The summed E-state index contributed by atoms with van der Waals surface area (Å²) in [5.74, 6) is 3.30. The largest absolute Gasteiger partial charge is 0.312 e. The smallest absolute Gasteiger partial charge is 0.119 e. The maximum atomic E-state index is 9.31. The van der Waals surface area contributed by atoms with Crippen molar-refractivity contribution in [3.05, 3.63) is 0 Å². The van der Waals surface area contributed by atoms with Gasteiger partial charge < -0.3 is 10.6 Å². The predicted octanol–water partition coefficient (Wildman–Crippen LogP) is 1.99. The van der Waals surface area contributed by atoms with Crippen LogP contribution in [0.5, 0.6) is 0 Å². The Hall–Kier alpha value is -0.590. The molecule has 3 aliphatic rings. The topological polar surface area (TPSA) is 53.0 Å². The van der Waals surface area contributed by atoms with Gasteiger partial charge in [-0.2, -0.15) is 5.26 Å². The van der Waals surface area contributed by atoms with Crippen molar-refractivity contribution in [2.24, 2.45) is 29.4 Å².